The van der Waals surface area contributed by atoms with Crippen LogP contribution in [0.25, 0.3) is 0 Å². The van der Waals surface area contributed by atoms with E-state index in [-0.39, 0.29) is 5.91 Å². The van der Waals surface area contributed by atoms with Gasteiger partial charge in [0.05, 0.1) is 0 Å². The third kappa shape index (κ3) is 3.35. The summed E-state index contributed by atoms with van der Waals surface area (Å²) in [4.78, 5) is 12.1. The van der Waals surface area contributed by atoms with Crippen molar-refractivity contribution in [1.82, 2.24) is 5.32 Å². The van der Waals surface area contributed by atoms with E-state index in [2.05, 4.69) is 21.2 Å². The van der Waals surface area contributed by atoms with E-state index in [1.807, 2.05) is 49.4 Å². The second-order valence-electron chi connectivity index (χ2n) is 4.34. The van der Waals surface area contributed by atoms with Crippen LogP contribution in [0.15, 0.2) is 46.9 Å². The maximum Gasteiger partial charge on any atom is 0.251 e. The van der Waals surface area contributed by atoms with Crippen LogP contribution in [-0.4, -0.2) is 5.91 Å². The van der Waals surface area contributed by atoms with Crippen molar-refractivity contribution >= 4 is 27.5 Å². The minimum absolute atomic E-state index is 0.0822. The minimum atomic E-state index is -0.0822. The SMILES string of the molecule is Cc1c(Br)cccc1C(=O)NCc1cccc(N)c1. The summed E-state index contributed by atoms with van der Waals surface area (Å²) >= 11 is 3.42. The molecule has 0 aromatic heterocycles. The molecule has 0 bridgehead atoms. The lowest BCUT2D eigenvalue weighted by Crippen LogP contribution is -2.23. The number of nitrogens with two attached hydrogens (primary N) is 1. The minimum Gasteiger partial charge on any atom is -0.399 e. The predicted octanol–water partition coefficient (Wildman–Crippen LogP) is 3.27. The third-order valence-electron chi connectivity index (χ3n) is 2.92. The molecule has 0 fully saturated rings. The number of carbonyl (C=O) groups excluding carboxylic acids is 1. The van der Waals surface area contributed by atoms with E-state index in [0.29, 0.717) is 17.8 Å². The van der Waals surface area contributed by atoms with Gasteiger partial charge in [0.2, 0.25) is 0 Å². The van der Waals surface area contributed by atoms with Gasteiger partial charge in [-0.2, -0.15) is 0 Å². The molecule has 3 N–H and O–H groups in total. The van der Waals surface area contributed by atoms with Crippen molar-refractivity contribution in [2.24, 2.45) is 0 Å². The van der Waals surface area contributed by atoms with Gasteiger partial charge < -0.3 is 11.1 Å². The number of nitrogen functional groups attached to an aromatic ring is 1. The molecule has 98 valence electrons. The summed E-state index contributed by atoms with van der Waals surface area (Å²) in [5.74, 6) is -0.0822. The number of benzene rings is 2. The third-order valence-corrected chi connectivity index (χ3v) is 3.78. The Hall–Kier alpha value is -1.81. The van der Waals surface area contributed by atoms with E-state index in [4.69, 9.17) is 5.73 Å². The van der Waals surface area contributed by atoms with Crippen LogP contribution in [0, 0.1) is 6.92 Å². The first kappa shape index (κ1) is 13.6. The number of amides is 1. The van der Waals surface area contributed by atoms with E-state index in [0.717, 1.165) is 15.6 Å². The Morgan fingerprint density at radius 3 is 2.74 bits per heavy atom. The summed E-state index contributed by atoms with van der Waals surface area (Å²) in [7, 11) is 0. The Bertz CT molecular complexity index is 611. The second kappa shape index (κ2) is 5.89. The summed E-state index contributed by atoms with van der Waals surface area (Å²) in [5.41, 5.74) is 9.00. The van der Waals surface area contributed by atoms with E-state index in [9.17, 15) is 4.79 Å². The van der Waals surface area contributed by atoms with Gasteiger partial charge in [-0.05, 0) is 42.3 Å². The monoisotopic (exact) mass is 318 g/mol. The number of anilines is 1. The summed E-state index contributed by atoms with van der Waals surface area (Å²) in [6.07, 6.45) is 0. The molecular weight excluding hydrogens is 304 g/mol. The number of nitrogens with one attached hydrogen (secondary N) is 1. The molecule has 0 spiro atoms. The van der Waals surface area contributed by atoms with Crippen LogP contribution in [-0.2, 0) is 6.54 Å². The normalized spacial score (nSPS) is 10.2. The van der Waals surface area contributed by atoms with Crippen molar-refractivity contribution in [3.8, 4) is 0 Å². The Labute approximate surface area is 121 Å². The van der Waals surface area contributed by atoms with E-state index < -0.39 is 0 Å². The van der Waals surface area contributed by atoms with Crippen molar-refractivity contribution in [1.29, 1.82) is 0 Å². The molecule has 1 amide bonds. The van der Waals surface area contributed by atoms with Crippen LogP contribution in [0.5, 0.6) is 0 Å². The molecule has 0 aliphatic heterocycles. The molecule has 0 unspecified atom stereocenters. The highest BCUT2D eigenvalue weighted by Crippen LogP contribution is 2.19. The summed E-state index contributed by atoms with van der Waals surface area (Å²) < 4.78 is 0.934. The quantitative estimate of drug-likeness (QED) is 0.853. The van der Waals surface area contributed by atoms with E-state index >= 15 is 0 Å². The molecule has 2 rings (SSSR count). The lowest BCUT2D eigenvalue weighted by atomic mass is 10.1. The van der Waals surface area contributed by atoms with Gasteiger partial charge in [0.15, 0.2) is 0 Å². The fourth-order valence-electron chi connectivity index (χ4n) is 1.83. The Balaban J connectivity index is 2.08. The van der Waals surface area contributed by atoms with Gasteiger partial charge in [-0.3, -0.25) is 4.79 Å². The Morgan fingerprint density at radius 1 is 1.26 bits per heavy atom. The van der Waals surface area contributed by atoms with Crippen LogP contribution in [0.3, 0.4) is 0 Å². The van der Waals surface area contributed by atoms with Crippen molar-refractivity contribution in [3.63, 3.8) is 0 Å². The molecule has 0 heterocycles. The molecule has 19 heavy (non-hydrogen) atoms. The van der Waals surface area contributed by atoms with Gasteiger partial charge in [-0.25, -0.2) is 0 Å². The highest BCUT2D eigenvalue weighted by atomic mass is 79.9. The fourth-order valence-corrected chi connectivity index (χ4v) is 2.20. The van der Waals surface area contributed by atoms with Crippen molar-refractivity contribution < 1.29 is 4.79 Å². The molecule has 0 saturated carbocycles. The van der Waals surface area contributed by atoms with Crippen LogP contribution < -0.4 is 11.1 Å². The Morgan fingerprint density at radius 2 is 2.00 bits per heavy atom. The molecule has 2 aromatic rings. The molecular formula is C15H15BrN2O. The molecule has 3 nitrogen and oxygen atoms in total. The number of halogens is 1. The van der Waals surface area contributed by atoms with Gasteiger partial charge in [0, 0.05) is 22.3 Å². The maximum atomic E-state index is 12.1. The molecule has 4 heteroatoms. The van der Waals surface area contributed by atoms with Crippen molar-refractivity contribution in [3.05, 3.63) is 63.6 Å². The van der Waals surface area contributed by atoms with Crippen LogP contribution in [0.4, 0.5) is 5.69 Å². The fraction of sp³-hybridized carbons (Fsp3) is 0.133. The summed E-state index contributed by atoms with van der Waals surface area (Å²) in [6.45, 7) is 2.38. The highest BCUT2D eigenvalue weighted by molar-refractivity contribution is 9.10. The van der Waals surface area contributed by atoms with E-state index in [1.165, 1.54) is 0 Å². The standard InChI is InChI=1S/C15H15BrN2O/c1-10-13(6-3-7-14(10)16)15(19)18-9-11-4-2-5-12(17)8-11/h2-8H,9,17H2,1H3,(H,18,19). The van der Waals surface area contributed by atoms with Crippen LogP contribution in [0.1, 0.15) is 21.5 Å². The highest BCUT2D eigenvalue weighted by Gasteiger charge is 2.10. The average molecular weight is 319 g/mol. The van der Waals surface area contributed by atoms with Gasteiger partial charge in [-0.15, -0.1) is 0 Å². The number of hydrogen-bond donors (Lipinski definition) is 2. The number of carbonyl (C=O) groups is 1. The molecule has 0 saturated heterocycles. The summed E-state index contributed by atoms with van der Waals surface area (Å²) in [6, 6.07) is 13.1. The van der Waals surface area contributed by atoms with E-state index in [1.54, 1.807) is 0 Å². The zero-order chi connectivity index (χ0) is 13.8. The first-order valence-corrected chi connectivity index (χ1v) is 6.75. The zero-order valence-electron chi connectivity index (χ0n) is 10.6. The van der Waals surface area contributed by atoms with Crippen LogP contribution in [0.2, 0.25) is 0 Å². The van der Waals surface area contributed by atoms with Gasteiger partial charge in [-0.1, -0.05) is 34.1 Å². The lowest BCUT2D eigenvalue weighted by molar-refractivity contribution is 0.0950. The largest absolute Gasteiger partial charge is 0.399 e. The molecule has 2 aromatic carbocycles. The smallest absolute Gasteiger partial charge is 0.251 e. The maximum absolute atomic E-state index is 12.1. The van der Waals surface area contributed by atoms with Crippen molar-refractivity contribution in [2.75, 3.05) is 5.73 Å². The average Bonchev–Trinajstić information content (AvgIpc) is 2.39. The summed E-state index contributed by atoms with van der Waals surface area (Å²) in [5, 5.41) is 2.90. The molecule has 0 aliphatic carbocycles. The molecule has 0 atom stereocenters. The molecule has 0 aliphatic rings. The second-order valence-corrected chi connectivity index (χ2v) is 5.19. The van der Waals surface area contributed by atoms with Crippen LogP contribution >= 0.6 is 15.9 Å². The number of hydrogen-bond acceptors (Lipinski definition) is 2. The number of rotatable bonds is 3. The van der Waals surface area contributed by atoms with Gasteiger partial charge in [0.1, 0.15) is 0 Å². The first-order chi connectivity index (χ1) is 9.08. The lowest BCUT2D eigenvalue weighted by Gasteiger charge is -2.09. The van der Waals surface area contributed by atoms with Crippen molar-refractivity contribution in [2.45, 2.75) is 13.5 Å². The molecule has 0 radical (unpaired) electrons. The van der Waals surface area contributed by atoms with Gasteiger partial charge >= 0.3 is 0 Å². The first-order valence-electron chi connectivity index (χ1n) is 5.95. The predicted molar refractivity (Wildman–Crippen MR) is 80.9 cm³/mol. The zero-order valence-corrected chi connectivity index (χ0v) is 12.2. The topological polar surface area (TPSA) is 55.1 Å². The Kier molecular flexibility index (Phi) is 4.22. The van der Waals surface area contributed by atoms with Gasteiger partial charge in [0.25, 0.3) is 5.91 Å².